The summed E-state index contributed by atoms with van der Waals surface area (Å²) in [6.45, 7) is 1.24. The summed E-state index contributed by atoms with van der Waals surface area (Å²) >= 11 is 0. The minimum atomic E-state index is -1.42. The molecule has 0 aliphatic carbocycles. The van der Waals surface area contributed by atoms with E-state index >= 15 is 0 Å². The number of non-ortho nitro benzene ring substituents is 1. The molecule has 2 aliphatic rings. The number of ketones is 1. The zero-order chi connectivity index (χ0) is 19.9. The van der Waals surface area contributed by atoms with Crippen LogP contribution in [0.1, 0.15) is 12.5 Å². The van der Waals surface area contributed by atoms with E-state index in [2.05, 4.69) is 0 Å². The number of nitro groups is 1. The Bertz CT molecular complexity index is 791. The molecule has 0 spiro atoms. The van der Waals surface area contributed by atoms with Crippen molar-refractivity contribution in [2.24, 2.45) is 5.92 Å². The number of aliphatic hydroxyl groups excluding tert-OH is 1. The highest BCUT2D eigenvalue weighted by Crippen LogP contribution is 2.41. The van der Waals surface area contributed by atoms with Crippen LogP contribution in [-0.2, 0) is 30.5 Å². The van der Waals surface area contributed by atoms with E-state index in [1.54, 1.807) is 0 Å². The third-order valence-corrected chi connectivity index (χ3v) is 4.89. The number of nitro benzene ring substituents is 1. The van der Waals surface area contributed by atoms with Gasteiger partial charge < -0.3 is 19.5 Å². The zero-order valence-corrected chi connectivity index (χ0v) is 14.6. The van der Waals surface area contributed by atoms with Gasteiger partial charge in [-0.25, -0.2) is 4.79 Å². The summed E-state index contributed by atoms with van der Waals surface area (Å²) in [4.78, 5) is 48.4. The summed E-state index contributed by atoms with van der Waals surface area (Å²) in [6.07, 6.45) is -1.97. The Hall–Kier alpha value is -2.85. The summed E-state index contributed by atoms with van der Waals surface area (Å²) < 4.78 is 10.3. The standard InChI is InChI=1S/C17H18N2O8/c1-8(20)11-12-15(26-2)14(21)13(18(12)16(11)22)17(23)27-7-9-3-5-10(6-4-9)19(24)25/h3-6,8,11-13,15,20H,7H2,1-2H3/t8-,11-,12-,13?,15?/m1/s1. The lowest BCUT2D eigenvalue weighted by atomic mass is 9.82. The third kappa shape index (κ3) is 3.06. The number of carbonyl (C=O) groups is 3. The lowest BCUT2D eigenvalue weighted by Gasteiger charge is -2.46. The van der Waals surface area contributed by atoms with Gasteiger partial charge in [-0.2, -0.15) is 0 Å². The molecule has 5 atom stereocenters. The first kappa shape index (κ1) is 18.9. The Balaban J connectivity index is 1.70. The molecule has 1 aromatic rings. The second-order valence-electron chi connectivity index (χ2n) is 6.49. The molecule has 0 radical (unpaired) electrons. The number of nitrogens with zero attached hydrogens (tertiary/aromatic N) is 2. The fourth-order valence-electron chi connectivity index (χ4n) is 3.57. The van der Waals surface area contributed by atoms with Gasteiger partial charge in [0.25, 0.3) is 5.69 Å². The smallest absolute Gasteiger partial charge is 0.337 e. The summed E-state index contributed by atoms with van der Waals surface area (Å²) in [5.74, 6) is -2.79. The molecule has 1 aromatic carbocycles. The van der Waals surface area contributed by atoms with Gasteiger partial charge in [-0.1, -0.05) is 0 Å². The first-order chi connectivity index (χ1) is 12.8. The number of hydrogen-bond donors (Lipinski definition) is 1. The lowest BCUT2D eigenvalue weighted by molar-refractivity contribution is -0.384. The molecule has 10 heteroatoms. The van der Waals surface area contributed by atoms with Gasteiger partial charge in [-0.05, 0) is 24.6 Å². The van der Waals surface area contributed by atoms with Crippen molar-refractivity contribution < 1.29 is 33.9 Å². The number of amides is 1. The average molecular weight is 378 g/mol. The first-order valence-electron chi connectivity index (χ1n) is 8.24. The topological polar surface area (TPSA) is 136 Å². The maximum atomic E-state index is 12.5. The summed E-state index contributed by atoms with van der Waals surface area (Å²) in [5.41, 5.74) is 0.396. The highest BCUT2D eigenvalue weighted by Gasteiger charge is 2.66. The number of fused-ring (bicyclic) bond motifs is 1. The van der Waals surface area contributed by atoms with Crippen molar-refractivity contribution in [3.05, 3.63) is 39.9 Å². The van der Waals surface area contributed by atoms with Crippen LogP contribution in [0, 0.1) is 16.0 Å². The maximum Gasteiger partial charge on any atom is 0.337 e. The van der Waals surface area contributed by atoms with Crippen LogP contribution in [0.4, 0.5) is 5.69 Å². The Morgan fingerprint density at radius 2 is 1.96 bits per heavy atom. The van der Waals surface area contributed by atoms with E-state index in [0.717, 1.165) is 4.90 Å². The van der Waals surface area contributed by atoms with Crippen molar-refractivity contribution >= 4 is 23.3 Å². The number of Topliss-reactive ketones (excluding diaryl/α,β-unsaturated/α-hetero) is 1. The average Bonchev–Trinajstić information content (AvgIpc) is 2.88. The Labute approximate surface area is 153 Å². The quantitative estimate of drug-likeness (QED) is 0.236. The fraction of sp³-hybridized carbons (Fsp3) is 0.471. The van der Waals surface area contributed by atoms with Crippen LogP contribution < -0.4 is 0 Å². The van der Waals surface area contributed by atoms with Gasteiger partial charge in [0.2, 0.25) is 5.91 Å². The molecule has 144 valence electrons. The number of aliphatic hydroxyl groups is 1. The van der Waals surface area contributed by atoms with Gasteiger partial charge >= 0.3 is 5.97 Å². The monoisotopic (exact) mass is 378 g/mol. The maximum absolute atomic E-state index is 12.5. The predicted molar refractivity (Wildman–Crippen MR) is 88.3 cm³/mol. The normalized spacial score (nSPS) is 27.7. The van der Waals surface area contributed by atoms with E-state index in [1.807, 2.05) is 0 Å². The predicted octanol–water partition coefficient (Wildman–Crippen LogP) is -0.188. The Kier molecular flexibility index (Phi) is 4.94. The van der Waals surface area contributed by atoms with Crippen LogP contribution in [0.15, 0.2) is 24.3 Å². The number of methoxy groups -OCH3 is 1. The van der Waals surface area contributed by atoms with Crippen LogP contribution in [-0.4, -0.2) is 64.0 Å². The van der Waals surface area contributed by atoms with Crippen molar-refractivity contribution in [2.45, 2.75) is 37.8 Å². The fourth-order valence-corrected chi connectivity index (χ4v) is 3.57. The van der Waals surface area contributed by atoms with E-state index in [9.17, 15) is 29.6 Å². The molecule has 2 heterocycles. The number of rotatable bonds is 6. The van der Waals surface area contributed by atoms with Gasteiger partial charge in [0.15, 0.2) is 11.8 Å². The zero-order valence-electron chi connectivity index (χ0n) is 14.6. The van der Waals surface area contributed by atoms with Gasteiger partial charge in [-0.15, -0.1) is 0 Å². The molecule has 2 saturated heterocycles. The molecule has 0 saturated carbocycles. The second kappa shape index (κ2) is 7.05. The molecule has 1 N–H and O–H groups in total. The highest BCUT2D eigenvalue weighted by molar-refractivity contribution is 6.13. The molecule has 0 aromatic heterocycles. The van der Waals surface area contributed by atoms with Crippen LogP contribution in [0.25, 0.3) is 0 Å². The van der Waals surface area contributed by atoms with Crippen LogP contribution >= 0.6 is 0 Å². The minimum absolute atomic E-state index is 0.0998. The molecule has 27 heavy (non-hydrogen) atoms. The van der Waals surface area contributed by atoms with Crippen LogP contribution in [0.5, 0.6) is 0 Å². The number of benzene rings is 1. The molecule has 2 aliphatic heterocycles. The Morgan fingerprint density at radius 3 is 2.48 bits per heavy atom. The largest absolute Gasteiger partial charge is 0.459 e. The first-order valence-corrected chi connectivity index (χ1v) is 8.24. The van der Waals surface area contributed by atoms with E-state index in [-0.39, 0.29) is 12.3 Å². The van der Waals surface area contributed by atoms with Crippen molar-refractivity contribution in [2.75, 3.05) is 7.11 Å². The van der Waals surface area contributed by atoms with E-state index in [0.29, 0.717) is 5.56 Å². The molecule has 0 bridgehead atoms. The molecule has 10 nitrogen and oxygen atoms in total. The van der Waals surface area contributed by atoms with Gasteiger partial charge in [-0.3, -0.25) is 19.7 Å². The molecule has 2 fully saturated rings. The molecular formula is C17H18N2O8. The number of carbonyl (C=O) groups excluding carboxylic acids is 3. The second-order valence-corrected chi connectivity index (χ2v) is 6.49. The number of hydrogen-bond acceptors (Lipinski definition) is 8. The van der Waals surface area contributed by atoms with Crippen molar-refractivity contribution in [3.63, 3.8) is 0 Å². The number of β-lactam (4-membered cyclic amide) rings is 1. The third-order valence-electron chi connectivity index (χ3n) is 4.89. The lowest BCUT2D eigenvalue weighted by Crippen LogP contribution is -2.66. The van der Waals surface area contributed by atoms with Crippen molar-refractivity contribution in [1.29, 1.82) is 0 Å². The number of esters is 1. The van der Waals surface area contributed by atoms with Gasteiger partial charge in [0.05, 0.1) is 23.0 Å². The van der Waals surface area contributed by atoms with E-state index < -0.39 is 52.8 Å². The summed E-state index contributed by atoms with van der Waals surface area (Å²) in [6, 6.07) is 3.29. The van der Waals surface area contributed by atoms with Crippen LogP contribution in [0.2, 0.25) is 0 Å². The molecule has 2 unspecified atom stereocenters. The molecule has 3 rings (SSSR count). The van der Waals surface area contributed by atoms with Crippen LogP contribution in [0.3, 0.4) is 0 Å². The van der Waals surface area contributed by atoms with Crippen molar-refractivity contribution in [1.82, 2.24) is 4.90 Å². The van der Waals surface area contributed by atoms with E-state index in [1.165, 1.54) is 38.3 Å². The summed E-state index contributed by atoms with van der Waals surface area (Å²) in [5, 5.41) is 20.4. The number of ether oxygens (including phenoxy) is 2. The van der Waals surface area contributed by atoms with Gasteiger partial charge in [0.1, 0.15) is 12.7 Å². The highest BCUT2D eigenvalue weighted by atomic mass is 16.6. The summed E-state index contributed by atoms with van der Waals surface area (Å²) in [7, 11) is 1.30. The Morgan fingerprint density at radius 1 is 1.33 bits per heavy atom. The van der Waals surface area contributed by atoms with E-state index in [4.69, 9.17) is 9.47 Å². The van der Waals surface area contributed by atoms with Gasteiger partial charge in [0, 0.05) is 19.2 Å². The molecular weight excluding hydrogens is 360 g/mol. The molecule has 1 amide bonds. The van der Waals surface area contributed by atoms with Crippen molar-refractivity contribution in [3.8, 4) is 0 Å². The minimum Gasteiger partial charge on any atom is -0.459 e. The SMILES string of the molecule is COC1C(=O)C(C(=O)OCc2ccc([N+](=O)[O-])cc2)N2C(=O)[C@H]([C@@H](C)O)[C@H]12.